The summed E-state index contributed by atoms with van der Waals surface area (Å²) in [6, 6.07) is 7.50. The van der Waals surface area contributed by atoms with E-state index < -0.39 is 5.67 Å². The normalized spacial score (nSPS) is 30.8. The molecule has 3 rings (SSSR count). The maximum atomic E-state index is 14.9. The van der Waals surface area contributed by atoms with Gasteiger partial charge in [0.1, 0.15) is 5.83 Å². The maximum absolute atomic E-state index is 14.9. The topological polar surface area (TPSA) is 12.0 Å². The highest BCUT2D eigenvalue weighted by atomic mass is 19.1. The summed E-state index contributed by atoms with van der Waals surface area (Å²) in [5.41, 5.74) is 0.639. The molecule has 0 fully saturated rings. The molecule has 3 heteroatoms. The van der Waals surface area contributed by atoms with Crippen LogP contribution in [0.25, 0.3) is 0 Å². The Bertz CT molecular complexity index is 521. The molecule has 2 unspecified atom stereocenters. The fraction of sp³-hybridized carbons (Fsp3) is 0.333. The Kier molecular flexibility index (Phi) is 2.78. The van der Waals surface area contributed by atoms with Crippen molar-refractivity contribution in [3.63, 3.8) is 0 Å². The van der Waals surface area contributed by atoms with Crippen molar-refractivity contribution in [3.05, 3.63) is 59.4 Å². The Balaban J connectivity index is 1.97. The average Bonchev–Trinajstić information content (AvgIpc) is 2.42. The second-order valence-corrected chi connectivity index (χ2v) is 4.89. The van der Waals surface area contributed by atoms with Crippen molar-refractivity contribution in [2.24, 2.45) is 0 Å². The first-order chi connectivity index (χ1) is 8.69. The number of benzene rings is 1. The lowest BCUT2D eigenvalue weighted by atomic mass is 9.81. The Hall–Kier alpha value is -1.48. The quantitative estimate of drug-likeness (QED) is 0.802. The van der Waals surface area contributed by atoms with Crippen LogP contribution in [0.4, 0.5) is 8.78 Å². The molecule has 1 aromatic carbocycles. The summed E-state index contributed by atoms with van der Waals surface area (Å²) in [6.07, 6.45) is 4.89. The van der Waals surface area contributed by atoms with Gasteiger partial charge in [-0.3, -0.25) is 0 Å². The van der Waals surface area contributed by atoms with Gasteiger partial charge in [-0.1, -0.05) is 24.3 Å². The Morgan fingerprint density at radius 3 is 2.89 bits per heavy atom. The monoisotopic (exact) mass is 247 g/mol. The molecular formula is C15H15F2N. The molecule has 0 radical (unpaired) electrons. The maximum Gasteiger partial charge on any atom is 0.152 e. The molecule has 1 N–H and O–H groups in total. The van der Waals surface area contributed by atoms with Crippen LogP contribution in [-0.2, 0) is 6.42 Å². The van der Waals surface area contributed by atoms with Crippen LogP contribution < -0.4 is 5.32 Å². The zero-order valence-corrected chi connectivity index (χ0v) is 10.00. The fourth-order valence-corrected chi connectivity index (χ4v) is 2.76. The van der Waals surface area contributed by atoms with Gasteiger partial charge in [0.15, 0.2) is 5.67 Å². The van der Waals surface area contributed by atoms with E-state index in [9.17, 15) is 8.78 Å². The minimum absolute atomic E-state index is 0.0847. The van der Waals surface area contributed by atoms with Gasteiger partial charge in [0.25, 0.3) is 0 Å². The third-order valence-corrected chi connectivity index (χ3v) is 3.72. The molecule has 1 aliphatic carbocycles. The number of nitrogens with one attached hydrogen (secondary N) is 1. The van der Waals surface area contributed by atoms with E-state index in [-0.39, 0.29) is 18.3 Å². The van der Waals surface area contributed by atoms with Gasteiger partial charge in [0.05, 0.1) is 6.04 Å². The molecular weight excluding hydrogens is 232 g/mol. The largest absolute Gasteiger partial charge is 0.307 e. The third-order valence-electron chi connectivity index (χ3n) is 3.72. The van der Waals surface area contributed by atoms with E-state index in [2.05, 4.69) is 5.32 Å². The highest BCUT2D eigenvalue weighted by Crippen LogP contribution is 2.40. The molecule has 1 aromatic rings. The standard InChI is InChI=1S/C15H15F2N/c16-12-5-8-15(17,9-6-12)14-13-4-2-1-3-11(13)7-10-18-14/h1-6,8,14,18H,7,9-10H2. The zero-order chi connectivity index (χ0) is 12.6. The van der Waals surface area contributed by atoms with Crippen molar-refractivity contribution in [3.8, 4) is 0 Å². The summed E-state index contributed by atoms with van der Waals surface area (Å²) in [6.45, 7) is 0.757. The van der Waals surface area contributed by atoms with Crippen LogP contribution in [0.15, 0.2) is 48.3 Å². The Labute approximate surface area is 105 Å². The van der Waals surface area contributed by atoms with Crippen molar-refractivity contribution < 1.29 is 8.78 Å². The molecule has 94 valence electrons. The number of fused-ring (bicyclic) bond motifs is 1. The molecule has 1 aliphatic heterocycles. The molecule has 1 heterocycles. The molecule has 2 atom stereocenters. The van der Waals surface area contributed by atoms with Gasteiger partial charge in [-0.05, 0) is 42.3 Å². The van der Waals surface area contributed by atoms with Crippen molar-refractivity contribution >= 4 is 0 Å². The molecule has 1 nitrogen and oxygen atoms in total. The number of hydrogen-bond donors (Lipinski definition) is 1. The average molecular weight is 247 g/mol. The predicted molar refractivity (Wildman–Crippen MR) is 67.7 cm³/mol. The van der Waals surface area contributed by atoms with Crippen molar-refractivity contribution in [2.75, 3.05) is 6.54 Å². The van der Waals surface area contributed by atoms with Gasteiger partial charge < -0.3 is 5.32 Å². The first kappa shape index (κ1) is 11.6. The lowest BCUT2D eigenvalue weighted by Crippen LogP contribution is -2.43. The number of alkyl halides is 1. The van der Waals surface area contributed by atoms with Crippen LogP contribution in [-0.4, -0.2) is 12.2 Å². The number of rotatable bonds is 1. The summed E-state index contributed by atoms with van der Waals surface area (Å²) in [4.78, 5) is 0. The van der Waals surface area contributed by atoms with E-state index in [1.54, 1.807) is 0 Å². The van der Waals surface area contributed by atoms with Crippen LogP contribution in [0.3, 0.4) is 0 Å². The molecule has 2 aliphatic rings. The molecule has 0 bridgehead atoms. The van der Waals surface area contributed by atoms with Crippen LogP contribution in [0, 0.1) is 0 Å². The molecule has 0 spiro atoms. The van der Waals surface area contributed by atoms with Crippen molar-refractivity contribution in [1.29, 1.82) is 0 Å². The summed E-state index contributed by atoms with van der Waals surface area (Å²) in [5.74, 6) is -0.354. The van der Waals surface area contributed by atoms with Gasteiger partial charge in [-0.15, -0.1) is 0 Å². The lowest BCUT2D eigenvalue weighted by Gasteiger charge is -2.37. The molecule has 0 amide bonds. The molecule has 0 aromatic heterocycles. The molecule has 0 saturated carbocycles. The Morgan fingerprint density at radius 1 is 1.28 bits per heavy atom. The number of allylic oxidation sites excluding steroid dienone is 3. The van der Waals surface area contributed by atoms with Crippen LogP contribution in [0.2, 0.25) is 0 Å². The van der Waals surface area contributed by atoms with Gasteiger partial charge >= 0.3 is 0 Å². The van der Waals surface area contributed by atoms with E-state index in [4.69, 9.17) is 0 Å². The van der Waals surface area contributed by atoms with Gasteiger partial charge in [0, 0.05) is 6.42 Å². The number of halogens is 2. The van der Waals surface area contributed by atoms with Crippen molar-refractivity contribution in [1.82, 2.24) is 5.32 Å². The summed E-state index contributed by atoms with van der Waals surface area (Å²) < 4.78 is 27.9. The van der Waals surface area contributed by atoms with E-state index in [1.165, 1.54) is 23.8 Å². The second kappa shape index (κ2) is 4.32. The molecule has 0 saturated heterocycles. The van der Waals surface area contributed by atoms with Crippen molar-refractivity contribution in [2.45, 2.75) is 24.6 Å². The van der Waals surface area contributed by atoms with Gasteiger partial charge in [0.2, 0.25) is 0 Å². The predicted octanol–water partition coefficient (Wildman–Crippen LogP) is 3.40. The summed E-state index contributed by atoms with van der Waals surface area (Å²) in [7, 11) is 0. The lowest BCUT2D eigenvalue weighted by molar-refractivity contribution is 0.156. The van der Waals surface area contributed by atoms with Gasteiger partial charge in [-0.25, -0.2) is 8.78 Å². The van der Waals surface area contributed by atoms with E-state index in [1.807, 2.05) is 24.3 Å². The van der Waals surface area contributed by atoms with Gasteiger partial charge in [-0.2, -0.15) is 0 Å². The minimum Gasteiger partial charge on any atom is -0.307 e. The van der Waals surface area contributed by atoms with Crippen LogP contribution >= 0.6 is 0 Å². The minimum atomic E-state index is -1.54. The summed E-state index contributed by atoms with van der Waals surface area (Å²) >= 11 is 0. The first-order valence-corrected chi connectivity index (χ1v) is 6.24. The first-order valence-electron chi connectivity index (χ1n) is 6.24. The Morgan fingerprint density at radius 2 is 2.11 bits per heavy atom. The highest BCUT2D eigenvalue weighted by Gasteiger charge is 2.40. The van der Waals surface area contributed by atoms with E-state index in [0.717, 1.165) is 18.5 Å². The number of hydrogen-bond acceptors (Lipinski definition) is 1. The van der Waals surface area contributed by atoms with Crippen LogP contribution in [0.5, 0.6) is 0 Å². The SMILES string of the molecule is FC1=CCC(F)(C2NCCc3ccccc32)C=C1. The fourth-order valence-electron chi connectivity index (χ4n) is 2.76. The summed E-state index contributed by atoms with van der Waals surface area (Å²) in [5, 5.41) is 3.22. The van der Waals surface area contributed by atoms with E-state index >= 15 is 0 Å². The molecule has 18 heavy (non-hydrogen) atoms. The third kappa shape index (κ3) is 1.89. The zero-order valence-electron chi connectivity index (χ0n) is 10.00. The smallest absolute Gasteiger partial charge is 0.152 e. The van der Waals surface area contributed by atoms with Crippen LogP contribution in [0.1, 0.15) is 23.6 Å². The second-order valence-electron chi connectivity index (χ2n) is 4.89. The van der Waals surface area contributed by atoms with E-state index in [0.29, 0.717) is 0 Å². The highest BCUT2D eigenvalue weighted by molar-refractivity contribution is 5.38.